The first kappa shape index (κ1) is 16.3. The van der Waals surface area contributed by atoms with Crippen LogP contribution in [0.15, 0.2) is 18.2 Å². The van der Waals surface area contributed by atoms with Crippen molar-refractivity contribution in [2.24, 2.45) is 5.92 Å². The number of rotatable bonds is 3. The van der Waals surface area contributed by atoms with Crippen molar-refractivity contribution in [1.82, 2.24) is 14.6 Å². The van der Waals surface area contributed by atoms with Gasteiger partial charge in [0.05, 0.1) is 23.5 Å². The van der Waals surface area contributed by atoms with E-state index in [0.29, 0.717) is 23.8 Å². The second kappa shape index (κ2) is 6.15. The Balaban J connectivity index is 1.23. The Morgan fingerprint density at radius 2 is 2.15 bits per heavy atom. The summed E-state index contributed by atoms with van der Waals surface area (Å²) in [7, 11) is 0. The highest BCUT2D eigenvalue weighted by atomic mass is 32.1. The highest BCUT2D eigenvalue weighted by molar-refractivity contribution is 7.13. The number of benzene rings is 1. The van der Waals surface area contributed by atoms with Gasteiger partial charge in [-0.05, 0) is 68.0 Å². The van der Waals surface area contributed by atoms with E-state index in [2.05, 4.69) is 37.7 Å². The molecule has 5 aliphatic rings. The summed E-state index contributed by atoms with van der Waals surface area (Å²) >= 11 is 1.43. The van der Waals surface area contributed by atoms with Gasteiger partial charge in [-0.2, -0.15) is 4.37 Å². The Morgan fingerprint density at radius 3 is 2.85 bits per heavy atom. The summed E-state index contributed by atoms with van der Waals surface area (Å²) in [6.45, 7) is 5.16. The number of hydrogen-bond donors (Lipinski definition) is 1. The first-order valence-electron chi connectivity index (χ1n) is 10.1. The lowest BCUT2D eigenvalue weighted by Crippen LogP contribution is -2.57. The maximum absolute atomic E-state index is 12.9. The zero-order valence-corrected chi connectivity index (χ0v) is 16.1. The molecular weight excluding hydrogens is 360 g/mol. The van der Waals surface area contributed by atoms with Gasteiger partial charge in [0.1, 0.15) is 5.69 Å². The number of hydrogen-bond acceptors (Lipinski definition) is 6. The third kappa shape index (κ3) is 2.67. The topological polar surface area (TPSA) is 57.7 Å². The van der Waals surface area contributed by atoms with Gasteiger partial charge in [0.25, 0.3) is 5.91 Å². The molecule has 6 heterocycles. The molecule has 1 aromatic carbocycles. The van der Waals surface area contributed by atoms with Crippen LogP contribution in [0.1, 0.15) is 29.8 Å². The highest BCUT2D eigenvalue weighted by Gasteiger charge is 2.39. The normalized spacial score (nSPS) is 34.5. The van der Waals surface area contributed by atoms with Crippen molar-refractivity contribution in [3.63, 3.8) is 0 Å². The number of morpholine rings is 1. The van der Waals surface area contributed by atoms with Gasteiger partial charge in [-0.1, -0.05) is 0 Å². The summed E-state index contributed by atoms with van der Waals surface area (Å²) < 4.78 is 11.3. The van der Waals surface area contributed by atoms with E-state index in [0.717, 1.165) is 36.2 Å². The van der Waals surface area contributed by atoms with Crippen molar-refractivity contribution in [2.75, 3.05) is 37.7 Å². The molecule has 0 radical (unpaired) electrons. The average Bonchev–Trinajstić information content (AvgIpc) is 3.43. The molecule has 4 bridgehead atoms. The van der Waals surface area contributed by atoms with E-state index in [1.54, 1.807) is 0 Å². The molecule has 142 valence electrons. The fourth-order valence-corrected chi connectivity index (χ4v) is 6.16. The van der Waals surface area contributed by atoms with Gasteiger partial charge in [0.15, 0.2) is 0 Å². The van der Waals surface area contributed by atoms with Crippen molar-refractivity contribution in [3.8, 4) is 0 Å². The summed E-state index contributed by atoms with van der Waals surface area (Å²) in [5, 5.41) is 4.25. The van der Waals surface area contributed by atoms with Crippen molar-refractivity contribution in [3.05, 3.63) is 23.9 Å². The quantitative estimate of drug-likeness (QED) is 0.878. The molecular formula is C20H24N4O2S. The van der Waals surface area contributed by atoms with Gasteiger partial charge in [-0.15, -0.1) is 0 Å². The summed E-state index contributed by atoms with van der Waals surface area (Å²) in [4.78, 5) is 17.8. The van der Waals surface area contributed by atoms with Gasteiger partial charge < -0.3 is 19.9 Å². The van der Waals surface area contributed by atoms with Crippen LogP contribution in [0.4, 0.5) is 5.69 Å². The molecule has 6 nitrogen and oxygen atoms in total. The van der Waals surface area contributed by atoms with Gasteiger partial charge >= 0.3 is 0 Å². The molecule has 5 saturated heterocycles. The van der Waals surface area contributed by atoms with E-state index in [-0.39, 0.29) is 11.9 Å². The summed E-state index contributed by atoms with van der Waals surface area (Å²) in [6, 6.07) is 7.18. The maximum Gasteiger partial charge on any atom is 0.271 e. The predicted molar refractivity (Wildman–Crippen MR) is 106 cm³/mol. The molecule has 1 aromatic heterocycles. The Labute approximate surface area is 162 Å². The first-order chi connectivity index (χ1) is 13.2. The number of anilines is 1. The van der Waals surface area contributed by atoms with Crippen LogP contribution in [0.3, 0.4) is 0 Å². The maximum atomic E-state index is 12.9. The van der Waals surface area contributed by atoms with Gasteiger partial charge in [-0.25, -0.2) is 0 Å². The number of ether oxygens (including phenoxy) is 1. The lowest BCUT2D eigenvalue weighted by Gasteiger charge is -2.44. The van der Waals surface area contributed by atoms with Crippen LogP contribution in [-0.4, -0.2) is 66.2 Å². The minimum Gasteiger partial charge on any atom is -0.374 e. The Morgan fingerprint density at radius 1 is 1.26 bits per heavy atom. The van der Waals surface area contributed by atoms with Crippen LogP contribution in [-0.2, 0) is 4.74 Å². The molecule has 7 rings (SSSR count). The number of nitrogens with one attached hydrogen (secondary N) is 1. The van der Waals surface area contributed by atoms with E-state index in [1.165, 1.54) is 43.2 Å². The molecule has 5 fully saturated rings. The molecule has 5 aliphatic heterocycles. The molecule has 0 spiro atoms. The summed E-state index contributed by atoms with van der Waals surface area (Å²) in [5.74, 6) is 0.615. The third-order valence-corrected chi connectivity index (χ3v) is 7.68. The van der Waals surface area contributed by atoms with Gasteiger partial charge in [-0.3, -0.25) is 4.79 Å². The SMILES string of the molecule is O=C(N[C@@H]1CN2CCC1CC2)c1nsc2cc(N3C[C@@H]4C[C@H]3CO4)ccc12. The molecule has 0 aliphatic carbocycles. The first-order valence-corrected chi connectivity index (χ1v) is 10.8. The van der Waals surface area contributed by atoms with Crippen LogP contribution in [0.5, 0.6) is 0 Å². The van der Waals surface area contributed by atoms with E-state index < -0.39 is 0 Å². The van der Waals surface area contributed by atoms with Crippen LogP contribution < -0.4 is 10.2 Å². The van der Waals surface area contributed by atoms with Crippen molar-refractivity contribution >= 4 is 33.2 Å². The van der Waals surface area contributed by atoms with Crippen molar-refractivity contribution < 1.29 is 9.53 Å². The number of nitrogens with zero attached hydrogens (tertiary/aromatic N) is 3. The predicted octanol–water partition coefficient (Wildman–Crippen LogP) is 2.10. The van der Waals surface area contributed by atoms with Crippen LogP contribution in [0.2, 0.25) is 0 Å². The largest absolute Gasteiger partial charge is 0.374 e. The minimum absolute atomic E-state index is 0.0126. The van der Waals surface area contributed by atoms with E-state index in [4.69, 9.17) is 4.74 Å². The monoisotopic (exact) mass is 384 g/mol. The van der Waals surface area contributed by atoms with Gasteiger partial charge in [0.2, 0.25) is 0 Å². The van der Waals surface area contributed by atoms with Crippen molar-refractivity contribution in [2.45, 2.75) is 37.5 Å². The second-order valence-corrected chi connectivity index (χ2v) is 9.23. The van der Waals surface area contributed by atoms with Gasteiger partial charge in [0, 0.05) is 30.2 Å². The molecule has 1 amide bonds. The van der Waals surface area contributed by atoms with E-state index in [9.17, 15) is 4.79 Å². The van der Waals surface area contributed by atoms with Crippen LogP contribution in [0.25, 0.3) is 10.1 Å². The fraction of sp³-hybridized carbons (Fsp3) is 0.600. The summed E-state index contributed by atoms with van der Waals surface area (Å²) in [5.41, 5.74) is 1.82. The minimum atomic E-state index is -0.0126. The standard InChI is InChI=1S/C20H24N4O2S/c25-20(21-17-10-23-5-3-12(17)4-6-23)19-16-2-1-13(8-18(16)27-22-19)24-9-15-7-14(24)11-26-15/h1-2,8,12,14-15,17H,3-7,9-11H2,(H,21,25)/t14-,15-,17+/m0/s1. The fourth-order valence-electron chi connectivity index (χ4n) is 5.35. The Bertz CT molecular complexity index is 891. The van der Waals surface area contributed by atoms with Crippen molar-refractivity contribution in [1.29, 1.82) is 0 Å². The number of fused-ring (bicyclic) bond motifs is 6. The second-order valence-electron chi connectivity index (χ2n) is 8.43. The zero-order chi connectivity index (χ0) is 18.0. The molecule has 3 atom stereocenters. The van der Waals surface area contributed by atoms with E-state index in [1.807, 2.05) is 0 Å². The van der Waals surface area contributed by atoms with Crippen LogP contribution in [0, 0.1) is 5.92 Å². The average molecular weight is 385 g/mol. The Hall–Kier alpha value is -1.70. The van der Waals surface area contributed by atoms with E-state index >= 15 is 0 Å². The molecule has 27 heavy (non-hydrogen) atoms. The van der Waals surface area contributed by atoms with Crippen LogP contribution >= 0.6 is 11.5 Å². The molecule has 0 unspecified atom stereocenters. The number of amides is 1. The molecule has 0 saturated carbocycles. The number of aromatic nitrogens is 1. The Kier molecular flexibility index (Phi) is 3.71. The highest BCUT2D eigenvalue weighted by Crippen LogP contribution is 2.35. The third-order valence-electron chi connectivity index (χ3n) is 6.88. The molecule has 7 heteroatoms. The smallest absolute Gasteiger partial charge is 0.271 e. The lowest BCUT2D eigenvalue weighted by atomic mass is 9.84. The zero-order valence-electron chi connectivity index (χ0n) is 15.3. The molecule has 2 aromatic rings. The number of piperidine rings is 3. The summed E-state index contributed by atoms with van der Waals surface area (Å²) in [6.07, 6.45) is 3.92. The molecule has 1 N–H and O–H groups in total. The number of carbonyl (C=O) groups is 1. The number of carbonyl (C=O) groups excluding carboxylic acids is 1. The lowest BCUT2D eigenvalue weighted by molar-refractivity contribution is 0.0619.